The molecule has 0 radical (unpaired) electrons. The minimum absolute atomic E-state index is 0.0996. The number of fused-ring (bicyclic) bond motifs is 2. The lowest BCUT2D eigenvalue weighted by molar-refractivity contribution is 0.0642. The maximum absolute atomic E-state index is 14.1. The maximum atomic E-state index is 14.1. The van der Waals surface area contributed by atoms with Gasteiger partial charge in [-0.15, -0.1) is 0 Å². The van der Waals surface area contributed by atoms with Crippen LogP contribution >= 0.6 is 0 Å². The van der Waals surface area contributed by atoms with Gasteiger partial charge in [-0.3, -0.25) is 19.5 Å². The lowest BCUT2D eigenvalue weighted by atomic mass is 9.90. The second-order valence-electron chi connectivity index (χ2n) is 7.10. The van der Waals surface area contributed by atoms with Crippen molar-refractivity contribution in [1.82, 2.24) is 9.88 Å². The van der Waals surface area contributed by atoms with Crippen LogP contribution in [0.15, 0.2) is 73.1 Å². The molecule has 0 unspecified atom stereocenters. The van der Waals surface area contributed by atoms with Crippen LogP contribution in [0.5, 0.6) is 0 Å². The zero-order chi connectivity index (χ0) is 20.8. The van der Waals surface area contributed by atoms with E-state index in [0.29, 0.717) is 21.9 Å². The molecule has 3 aromatic carbocycles. The lowest BCUT2D eigenvalue weighted by Gasteiger charge is -2.14. The summed E-state index contributed by atoms with van der Waals surface area (Å²) in [5.74, 6) is -1.77. The highest BCUT2D eigenvalue weighted by Gasteiger charge is 2.38. The molecule has 0 N–H and O–H groups in total. The van der Waals surface area contributed by atoms with Crippen LogP contribution in [0.4, 0.5) is 8.78 Å². The van der Waals surface area contributed by atoms with Crippen LogP contribution in [-0.4, -0.2) is 21.7 Å². The summed E-state index contributed by atoms with van der Waals surface area (Å²) in [6.45, 7) is 0.0996. The van der Waals surface area contributed by atoms with Crippen molar-refractivity contribution < 1.29 is 18.4 Å². The molecule has 0 atom stereocenters. The van der Waals surface area contributed by atoms with Crippen LogP contribution in [0.1, 0.15) is 26.3 Å². The standard InChI is InChI=1S/C24H14F2N2O2/c25-17-4-1-15(2-5-17)21-19-12-18(26)6-3-16(19)11-20-22(21)24(30)28(23(20)29)13-14-7-9-27-10-8-14/h1-12H,13H2. The zero-order valence-corrected chi connectivity index (χ0v) is 15.6. The molecule has 2 heterocycles. The van der Waals surface area contributed by atoms with Crippen molar-refractivity contribution in [2.24, 2.45) is 0 Å². The summed E-state index contributed by atoms with van der Waals surface area (Å²) < 4.78 is 27.6. The summed E-state index contributed by atoms with van der Waals surface area (Å²) in [6.07, 6.45) is 3.18. The van der Waals surface area contributed by atoms with E-state index in [0.717, 1.165) is 5.56 Å². The highest BCUT2D eigenvalue weighted by Crippen LogP contribution is 2.39. The molecular weight excluding hydrogens is 386 g/mol. The van der Waals surface area contributed by atoms with E-state index < -0.39 is 23.4 Å². The Morgan fingerprint density at radius 2 is 1.47 bits per heavy atom. The Labute approximate surface area is 170 Å². The summed E-state index contributed by atoms with van der Waals surface area (Å²) >= 11 is 0. The van der Waals surface area contributed by atoms with Crippen LogP contribution in [0.3, 0.4) is 0 Å². The van der Waals surface area contributed by atoms with Crippen molar-refractivity contribution >= 4 is 22.6 Å². The smallest absolute Gasteiger partial charge is 0.262 e. The second-order valence-corrected chi connectivity index (χ2v) is 7.10. The Kier molecular flexibility index (Phi) is 4.13. The van der Waals surface area contributed by atoms with Crippen molar-refractivity contribution in [2.75, 3.05) is 0 Å². The minimum Gasteiger partial charge on any atom is -0.270 e. The molecular formula is C24H14F2N2O2. The molecule has 6 heteroatoms. The van der Waals surface area contributed by atoms with Crippen molar-refractivity contribution in [2.45, 2.75) is 6.54 Å². The number of benzene rings is 3. The highest BCUT2D eigenvalue weighted by atomic mass is 19.1. The number of rotatable bonds is 3. The predicted octanol–water partition coefficient (Wildman–Crippen LogP) is 4.98. The van der Waals surface area contributed by atoms with Crippen LogP contribution in [0.2, 0.25) is 0 Å². The number of nitrogens with zero attached hydrogens (tertiary/aromatic N) is 2. The molecule has 5 rings (SSSR count). The number of hydrogen-bond acceptors (Lipinski definition) is 3. The van der Waals surface area contributed by atoms with Gasteiger partial charge in [-0.25, -0.2) is 8.78 Å². The van der Waals surface area contributed by atoms with E-state index in [1.54, 1.807) is 36.7 Å². The summed E-state index contributed by atoms with van der Waals surface area (Å²) in [6, 6.07) is 14.9. The van der Waals surface area contributed by atoms with Gasteiger partial charge in [-0.2, -0.15) is 0 Å². The SMILES string of the molecule is O=C1c2cc3ccc(F)cc3c(-c3ccc(F)cc3)c2C(=O)N1Cc1ccncc1. The van der Waals surface area contributed by atoms with Gasteiger partial charge in [0.05, 0.1) is 17.7 Å². The van der Waals surface area contributed by atoms with E-state index in [-0.39, 0.29) is 17.7 Å². The van der Waals surface area contributed by atoms with Crippen molar-refractivity contribution in [3.8, 4) is 11.1 Å². The quantitative estimate of drug-likeness (QED) is 0.456. The Balaban J connectivity index is 1.74. The average Bonchev–Trinajstić information content (AvgIpc) is 2.98. The third-order valence-corrected chi connectivity index (χ3v) is 5.26. The number of carbonyl (C=O) groups is 2. The molecule has 0 bridgehead atoms. The zero-order valence-electron chi connectivity index (χ0n) is 15.6. The van der Waals surface area contributed by atoms with E-state index in [1.165, 1.54) is 41.3 Å². The maximum Gasteiger partial charge on any atom is 0.262 e. The van der Waals surface area contributed by atoms with E-state index in [4.69, 9.17) is 0 Å². The topological polar surface area (TPSA) is 50.3 Å². The molecule has 4 nitrogen and oxygen atoms in total. The van der Waals surface area contributed by atoms with Gasteiger partial charge >= 0.3 is 0 Å². The van der Waals surface area contributed by atoms with Crippen molar-refractivity contribution in [3.63, 3.8) is 0 Å². The molecule has 1 aliphatic rings. The first kappa shape index (κ1) is 18.1. The summed E-state index contributed by atoms with van der Waals surface area (Å²) in [7, 11) is 0. The molecule has 146 valence electrons. The summed E-state index contributed by atoms with van der Waals surface area (Å²) in [4.78, 5) is 31.6. The Morgan fingerprint density at radius 3 is 2.20 bits per heavy atom. The minimum atomic E-state index is -0.462. The number of halogens is 2. The van der Waals surface area contributed by atoms with Gasteiger partial charge in [-0.1, -0.05) is 18.2 Å². The lowest BCUT2D eigenvalue weighted by Crippen LogP contribution is -2.29. The summed E-state index contributed by atoms with van der Waals surface area (Å²) in [5.41, 5.74) is 2.19. The first-order valence-corrected chi connectivity index (χ1v) is 9.30. The van der Waals surface area contributed by atoms with Crippen LogP contribution in [0, 0.1) is 11.6 Å². The predicted molar refractivity (Wildman–Crippen MR) is 108 cm³/mol. The molecule has 0 fully saturated rings. The van der Waals surface area contributed by atoms with Crippen molar-refractivity contribution in [3.05, 3.63) is 101 Å². The summed E-state index contributed by atoms with van der Waals surface area (Å²) in [5, 5.41) is 1.12. The third kappa shape index (κ3) is 2.85. The van der Waals surface area contributed by atoms with Crippen molar-refractivity contribution in [1.29, 1.82) is 0 Å². The highest BCUT2D eigenvalue weighted by molar-refractivity contribution is 6.27. The van der Waals surface area contributed by atoms with E-state index in [9.17, 15) is 18.4 Å². The average molecular weight is 400 g/mol. The first-order valence-electron chi connectivity index (χ1n) is 9.30. The number of pyridine rings is 1. The molecule has 30 heavy (non-hydrogen) atoms. The molecule has 1 aliphatic heterocycles. The number of aromatic nitrogens is 1. The van der Waals surface area contributed by atoms with Gasteiger partial charge in [-0.05, 0) is 64.4 Å². The normalized spacial score (nSPS) is 13.2. The number of carbonyl (C=O) groups excluding carboxylic acids is 2. The molecule has 0 aliphatic carbocycles. The van der Waals surface area contributed by atoms with E-state index >= 15 is 0 Å². The number of hydrogen-bond donors (Lipinski definition) is 0. The fourth-order valence-corrected chi connectivity index (χ4v) is 3.86. The van der Waals surface area contributed by atoms with Gasteiger partial charge in [0.25, 0.3) is 11.8 Å². The Hall–Kier alpha value is -3.93. The molecule has 2 amide bonds. The van der Waals surface area contributed by atoms with E-state index in [2.05, 4.69) is 4.98 Å². The Morgan fingerprint density at radius 1 is 0.767 bits per heavy atom. The van der Waals surface area contributed by atoms with Gasteiger partial charge < -0.3 is 0 Å². The number of amides is 2. The molecule has 1 aromatic heterocycles. The first-order chi connectivity index (χ1) is 14.5. The second kappa shape index (κ2) is 6.84. The van der Waals surface area contributed by atoms with Gasteiger partial charge in [0.2, 0.25) is 0 Å². The molecule has 4 aromatic rings. The third-order valence-electron chi connectivity index (χ3n) is 5.26. The monoisotopic (exact) mass is 400 g/mol. The number of imide groups is 1. The fourth-order valence-electron chi connectivity index (χ4n) is 3.86. The van der Waals surface area contributed by atoms with Gasteiger partial charge in [0, 0.05) is 18.0 Å². The largest absolute Gasteiger partial charge is 0.270 e. The molecule has 0 spiro atoms. The molecule has 0 saturated carbocycles. The van der Waals surface area contributed by atoms with Gasteiger partial charge in [0.1, 0.15) is 11.6 Å². The Bertz CT molecular complexity index is 1320. The van der Waals surface area contributed by atoms with Gasteiger partial charge in [0.15, 0.2) is 0 Å². The molecule has 0 saturated heterocycles. The fraction of sp³-hybridized carbons (Fsp3) is 0.0417. The van der Waals surface area contributed by atoms with Crippen LogP contribution in [0.25, 0.3) is 21.9 Å². The van der Waals surface area contributed by atoms with E-state index in [1.807, 2.05) is 0 Å². The van der Waals surface area contributed by atoms with Crippen LogP contribution in [-0.2, 0) is 6.54 Å². The van der Waals surface area contributed by atoms with Crippen LogP contribution < -0.4 is 0 Å².